The fraction of sp³-hybridized carbons (Fsp3) is 0.800. The van der Waals surface area contributed by atoms with Crippen LogP contribution in [0.4, 0.5) is 0 Å². The number of carbonyl (C=O) groups is 1. The summed E-state index contributed by atoms with van der Waals surface area (Å²) in [5.41, 5.74) is 1.32. The van der Waals surface area contributed by atoms with Gasteiger partial charge in [0, 0.05) is 5.92 Å². The van der Waals surface area contributed by atoms with Crippen LogP contribution in [0, 0.1) is 22.7 Å². The number of ether oxygens (including phenoxy) is 1. The SMILES string of the molecule is C=C1CC[C@H]2C(C)(C)CCC[C@@]23C(=O)OC[C@@H]13. The topological polar surface area (TPSA) is 26.3 Å². The van der Waals surface area contributed by atoms with Gasteiger partial charge >= 0.3 is 5.97 Å². The van der Waals surface area contributed by atoms with Crippen molar-refractivity contribution in [3.05, 3.63) is 12.2 Å². The molecule has 0 N–H and O–H groups in total. The van der Waals surface area contributed by atoms with Gasteiger partial charge in [0.1, 0.15) is 0 Å². The highest BCUT2D eigenvalue weighted by Crippen LogP contribution is 2.63. The molecule has 0 unspecified atom stereocenters. The molecule has 3 atom stereocenters. The van der Waals surface area contributed by atoms with Gasteiger partial charge in [0.25, 0.3) is 0 Å². The van der Waals surface area contributed by atoms with Crippen LogP contribution in [0.5, 0.6) is 0 Å². The molecule has 0 aromatic carbocycles. The van der Waals surface area contributed by atoms with Crippen LogP contribution in [0.1, 0.15) is 46.0 Å². The smallest absolute Gasteiger partial charge is 0.313 e. The maximum atomic E-state index is 12.3. The molecular formula is C15H22O2. The van der Waals surface area contributed by atoms with E-state index in [0.717, 1.165) is 25.7 Å². The predicted octanol–water partition coefficient (Wildman–Crippen LogP) is 3.32. The monoisotopic (exact) mass is 234 g/mol. The largest absolute Gasteiger partial charge is 0.465 e. The van der Waals surface area contributed by atoms with Crippen molar-refractivity contribution in [3.8, 4) is 0 Å². The van der Waals surface area contributed by atoms with Crippen LogP contribution in [0.2, 0.25) is 0 Å². The Kier molecular flexibility index (Phi) is 2.24. The highest BCUT2D eigenvalue weighted by atomic mass is 16.5. The van der Waals surface area contributed by atoms with Crippen molar-refractivity contribution in [2.24, 2.45) is 22.7 Å². The lowest BCUT2D eigenvalue weighted by Gasteiger charge is -2.54. The second-order valence-corrected chi connectivity index (χ2v) is 6.78. The third kappa shape index (κ3) is 1.30. The Morgan fingerprint density at radius 2 is 2.12 bits per heavy atom. The summed E-state index contributed by atoms with van der Waals surface area (Å²) in [4.78, 5) is 12.3. The van der Waals surface area contributed by atoms with E-state index in [1.807, 2.05) is 0 Å². The first kappa shape index (κ1) is 11.3. The van der Waals surface area contributed by atoms with Crippen LogP contribution in [-0.2, 0) is 9.53 Å². The van der Waals surface area contributed by atoms with Crippen molar-refractivity contribution in [1.82, 2.24) is 0 Å². The Labute approximate surface area is 103 Å². The van der Waals surface area contributed by atoms with Gasteiger partial charge in [0.2, 0.25) is 0 Å². The Morgan fingerprint density at radius 1 is 1.35 bits per heavy atom. The zero-order valence-electron chi connectivity index (χ0n) is 10.9. The maximum absolute atomic E-state index is 12.3. The molecule has 1 aliphatic heterocycles. The van der Waals surface area contributed by atoms with E-state index in [1.54, 1.807) is 0 Å². The molecule has 17 heavy (non-hydrogen) atoms. The lowest BCUT2D eigenvalue weighted by molar-refractivity contribution is -0.157. The van der Waals surface area contributed by atoms with Crippen LogP contribution in [0.15, 0.2) is 12.2 Å². The van der Waals surface area contributed by atoms with Crippen molar-refractivity contribution in [3.63, 3.8) is 0 Å². The van der Waals surface area contributed by atoms with E-state index >= 15 is 0 Å². The molecule has 2 heteroatoms. The first-order valence-electron chi connectivity index (χ1n) is 6.83. The molecule has 0 bridgehead atoms. The first-order chi connectivity index (χ1) is 7.98. The van der Waals surface area contributed by atoms with Crippen LogP contribution in [0.25, 0.3) is 0 Å². The average Bonchev–Trinajstić information content (AvgIpc) is 2.57. The molecule has 1 saturated heterocycles. The molecule has 94 valence electrons. The van der Waals surface area contributed by atoms with Gasteiger partial charge in [-0.05, 0) is 37.0 Å². The van der Waals surface area contributed by atoms with Gasteiger partial charge in [0.05, 0.1) is 12.0 Å². The first-order valence-corrected chi connectivity index (χ1v) is 6.83. The van der Waals surface area contributed by atoms with Gasteiger partial charge in [-0.3, -0.25) is 4.79 Å². The Balaban J connectivity index is 2.09. The highest BCUT2D eigenvalue weighted by Gasteiger charge is 2.63. The summed E-state index contributed by atoms with van der Waals surface area (Å²) in [7, 11) is 0. The van der Waals surface area contributed by atoms with E-state index in [1.165, 1.54) is 12.0 Å². The third-order valence-corrected chi connectivity index (χ3v) is 5.61. The third-order valence-electron chi connectivity index (χ3n) is 5.61. The molecule has 3 rings (SSSR count). The van der Waals surface area contributed by atoms with Gasteiger partial charge in [-0.25, -0.2) is 0 Å². The minimum atomic E-state index is -0.211. The normalized spacial score (nSPS) is 43.9. The number of hydrogen-bond acceptors (Lipinski definition) is 2. The van der Waals surface area contributed by atoms with Crippen molar-refractivity contribution < 1.29 is 9.53 Å². The van der Waals surface area contributed by atoms with Crippen LogP contribution < -0.4 is 0 Å². The molecule has 3 fully saturated rings. The minimum absolute atomic E-state index is 0.0705. The minimum Gasteiger partial charge on any atom is -0.465 e. The number of carbonyl (C=O) groups excluding carboxylic acids is 1. The molecule has 0 radical (unpaired) electrons. The number of hydrogen-bond donors (Lipinski definition) is 0. The van der Waals surface area contributed by atoms with Crippen molar-refractivity contribution >= 4 is 5.97 Å². The standard InChI is InChI=1S/C15H22O2/c1-10-5-6-12-14(2,3)7-4-8-15(12)11(10)9-17-13(15)16/h11-12H,1,4-9H2,2-3H3/t11-,12-,15-/m0/s1. The predicted molar refractivity (Wildman–Crippen MR) is 66.4 cm³/mol. The number of esters is 1. The molecule has 2 aliphatic carbocycles. The van der Waals surface area contributed by atoms with E-state index < -0.39 is 0 Å². The van der Waals surface area contributed by atoms with Crippen molar-refractivity contribution in [2.75, 3.05) is 6.61 Å². The quantitative estimate of drug-likeness (QED) is 0.475. The summed E-state index contributed by atoms with van der Waals surface area (Å²) in [6.07, 6.45) is 5.62. The molecular weight excluding hydrogens is 212 g/mol. The molecule has 0 amide bonds. The fourth-order valence-corrected chi connectivity index (χ4v) is 4.76. The van der Waals surface area contributed by atoms with E-state index in [9.17, 15) is 4.79 Å². The summed E-state index contributed by atoms with van der Waals surface area (Å²) in [5, 5.41) is 0. The van der Waals surface area contributed by atoms with Crippen molar-refractivity contribution in [2.45, 2.75) is 46.0 Å². The average molecular weight is 234 g/mol. The summed E-state index contributed by atoms with van der Waals surface area (Å²) in [6.45, 7) is 9.44. The van der Waals surface area contributed by atoms with E-state index in [2.05, 4.69) is 20.4 Å². The van der Waals surface area contributed by atoms with E-state index in [4.69, 9.17) is 4.74 Å². The summed E-state index contributed by atoms with van der Waals surface area (Å²) >= 11 is 0. The number of cyclic esters (lactones) is 1. The summed E-state index contributed by atoms with van der Waals surface area (Å²) in [5.74, 6) is 0.865. The fourth-order valence-electron chi connectivity index (χ4n) is 4.76. The van der Waals surface area contributed by atoms with Crippen LogP contribution in [-0.4, -0.2) is 12.6 Å². The summed E-state index contributed by atoms with van der Waals surface area (Å²) < 4.78 is 5.42. The van der Waals surface area contributed by atoms with Gasteiger partial charge in [-0.2, -0.15) is 0 Å². The Hall–Kier alpha value is -0.790. The maximum Gasteiger partial charge on any atom is 0.313 e. The molecule has 1 heterocycles. The molecule has 2 saturated carbocycles. The molecule has 2 nitrogen and oxygen atoms in total. The molecule has 0 aromatic rings. The van der Waals surface area contributed by atoms with Crippen LogP contribution >= 0.6 is 0 Å². The van der Waals surface area contributed by atoms with Gasteiger partial charge < -0.3 is 4.74 Å². The van der Waals surface area contributed by atoms with Gasteiger partial charge in [-0.15, -0.1) is 0 Å². The zero-order valence-corrected chi connectivity index (χ0v) is 10.9. The molecule has 0 aromatic heterocycles. The van der Waals surface area contributed by atoms with E-state index in [0.29, 0.717) is 18.4 Å². The zero-order chi connectivity index (χ0) is 12.3. The summed E-state index contributed by atoms with van der Waals surface area (Å²) in [6, 6.07) is 0. The lowest BCUT2D eigenvalue weighted by Crippen LogP contribution is -2.52. The van der Waals surface area contributed by atoms with Crippen LogP contribution in [0.3, 0.4) is 0 Å². The van der Waals surface area contributed by atoms with Crippen molar-refractivity contribution in [1.29, 1.82) is 0 Å². The highest BCUT2D eigenvalue weighted by molar-refractivity contribution is 5.81. The Morgan fingerprint density at radius 3 is 2.88 bits per heavy atom. The van der Waals surface area contributed by atoms with E-state index in [-0.39, 0.29) is 16.8 Å². The van der Waals surface area contributed by atoms with Gasteiger partial charge in [0.15, 0.2) is 0 Å². The molecule has 1 spiro atoms. The second-order valence-electron chi connectivity index (χ2n) is 6.78. The second kappa shape index (κ2) is 3.37. The molecule has 3 aliphatic rings. The van der Waals surface area contributed by atoms with Gasteiger partial charge in [-0.1, -0.05) is 32.4 Å². The Bertz CT molecular complexity index is 382. The number of rotatable bonds is 0. The lowest BCUT2D eigenvalue weighted by atomic mass is 9.48.